The lowest BCUT2D eigenvalue weighted by Gasteiger charge is -2.24. The lowest BCUT2D eigenvalue weighted by atomic mass is 10.0. The molecule has 2 fully saturated rings. The van der Waals surface area contributed by atoms with Crippen molar-refractivity contribution in [2.75, 3.05) is 13.1 Å². The van der Waals surface area contributed by atoms with E-state index in [0.29, 0.717) is 5.56 Å². The van der Waals surface area contributed by atoms with E-state index in [1.807, 2.05) is 23.1 Å². The Morgan fingerprint density at radius 2 is 1.58 bits per heavy atom. The Morgan fingerprint density at radius 3 is 2.29 bits per heavy atom. The third-order valence-electron chi connectivity index (χ3n) is 6.78. The first-order chi connectivity index (χ1) is 15.2. The van der Waals surface area contributed by atoms with Crippen molar-refractivity contribution < 1.29 is 9.59 Å². The fourth-order valence-electron chi connectivity index (χ4n) is 4.85. The number of benzene rings is 2. The summed E-state index contributed by atoms with van der Waals surface area (Å²) in [5.74, 6) is 1.51. The minimum atomic E-state index is -0.413. The molecular weight excluding hydrogens is 384 g/mol. The van der Waals surface area contributed by atoms with E-state index in [2.05, 4.69) is 35.6 Å². The van der Waals surface area contributed by atoms with Crippen LogP contribution in [0.1, 0.15) is 73.2 Å². The fourth-order valence-corrected chi connectivity index (χ4v) is 4.85. The van der Waals surface area contributed by atoms with Gasteiger partial charge < -0.3 is 10.2 Å². The van der Waals surface area contributed by atoms with Crippen LogP contribution in [-0.4, -0.2) is 35.8 Å². The summed E-state index contributed by atoms with van der Waals surface area (Å²) in [5.41, 5.74) is 2.09. The first-order valence-electron chi connectivity index (χ1n) is 11.9. The van der Waals surface area contributed by atoms with Crippen molar-refractivity contribution >= 4 is 11.8 Å². The minimum Gasteiger partial charge on any atom is -0.341 e. The topological polar surface area (TPSA) is 49.4 Å². The van der Waals surface area contributed by atoms with Gasteiger partial charge in [0.25, 0.3) is 5.91 Å². The molecule has 1 saturated heterocycles. The molecule has 1 aliphatic heterocycles. The highest BCUT2D eigenvalue weighted by Crippen LogP contribution is 2.50. The van der Waals surface area contributed by atoms with Crippen LogP contribution in [-0.2, 0) is 4.79 Å². The maximum Gasteiger partial charge on any atom is 0.251 e. The average Bonchev–Trinajstić information content (AvgIpc) is 3.38. The molecule has 2 amide bonds. The summed E-state index contributed by atoms with van der Waals surface area (Å²) >= 11 is 0. The lowest BCUT2D eigenvalue weighted by molar-refractivity contribution is -0.132. The van der Waals surface area contributed by atoms with Gasteiger partial charge in [-0.05, 0) is 61.6 Å². The normalized spacial score (nSPS) is 21.0. The number of carbonyl (C=O) groups excluding carboxylic acids is 2. The largest absolute Gasteiger partial charge is 0.341 e. The van der Waals surface area contributed by atoms with E-state index in [1.54, 1.807) is 12.1 Å². The molecule has 1 N–H and O–H groups in total. The highest BCUT2D eigenvalue weighted by molar-refractivity contribution is 5.97. The quantitative estimate of drug-likeness (QED) is 0.542. The van der Waals surface area contributed by atoms with E-state index in [4.69, 9.17) is 0 Å². The van der Waals surface area contributed by atoms with Gasteiger partial charge in [0.15, 0.2) is 0 Å². The molecule has 0 aromatic heterocycles. The molecule has 2 aromatic carbocycles. The van der Waals surface area contributed by atoms with Crippen molar-refractivity contribution in [2.24, 2.45) is 5.92 Å². The summed E-state index contributed by atoms with van der Waals surface area (Å²) in [6.07, 6.45) is 8.72. The standard InChI is InChI=1S/C27H34N2O2/c30-26(22-14-6-2-7-15-22)28-25(27(31)29-18-10-11-19-29)17-9-3-8-16-23-20-24(23)21-12-4-1-5-13-21/h1-2,4-7,12-15,23-25H,3,8-11,16-20H2,(H,28,30)/t23-,24+,25+/m1/s1. The fraction of sp³-hybridized carbons (Fsp3) is 0.481. The summed E-state index contributed by atoms with van der Waals surface area (Å²) < 4.78 is 0. The molecule has 1 aliphatic carbocycles. The zero-order valence-electron chi connectivity index (χ0n) is 18.3. The summed E-state index contributed by atoms with van der Waals surface area (Å²) in [6.45, 7) is 1.64. The van der Waals surface area contributed by atoms with Crippen LogP contribution in [0, 0.1) is 5.92 Å². The van der Waals surface area contributed by atoms with Gasteiger partial charge in [0.2, 0.25) is 5.91 Å². The Hall–Kier alpha value is -2.62. The van der Waals surface area contributed by atoms with E-state index in [-0.39, 0.29) is 11.8 Å². The molecular formula is C27H34N2O2. The number of hydrogen-bond acceptors (Lipinski definition) is 2. The minimum absolute atomic E-state index is 0.0908. The third kappa shape index (κ3) is 5.96. The van der Waals surface area contributed by atoms with Gasteiger partial charge in [-0.15, -0.1) is 0 Å². The lowest BCUT2D eigenvalue weighted by Crippen LogP contribution is -2.47. The molecule has 4 heteroatoms. The Bertz CT molecular complexity index is 846. The van der Waals surface area contributed by atoms with Crippen molar-refractivity contribution in [2.45, 2.75) is 63.3 Å². The SMILES string of the molecule is O=C(N[C@@H](CCCCC[C@@H]1C[C@H]1c1ccccc1)C(=O)N1CCCC1)c1ccccc1. The average molecular weight is 419 g/mol. The van der Waals surface area contributed by atoms with Gasteiger partial charge in [0.05, 0.1) is 0 Å². The third-order valence-corrected chi connectivity index (χ3v) is 6.78. The van der Waals surface area contributed by atoms with Gasteiger partial charge in [-0.1, -0.05) is 67.8 Å². The second kappa shape index (κ2) is 10.6. The number of amides is 2. The van der Waals surface area contributed by atoms with Gasteiger partial charge in [-0.2, -0.15) is 0 Å². The van der Waals surface area contributed by atoms with Gasteiger partial charge in [-0.25, -0.2) is 0 Å². The molecule has 0 bridgehead atoms. The summed E-state index contributed by atoms with van der Waals surface area (Å²) in [5, 5.41) is 3.02. The van der Waals surface area contributed by atoms with Crippen LogP contribution in [0.5, 0.6) is 0 Å². The van der Waals surface area contributed by atoms with Crippen molar-refractivity contribution in [3.05, 3.63) is 71.8 Å². The molecule has 2 aliphatic rings. The van der Waals surface area contributed by atoms with Gasteiger partial charge in [0.1, 0.15) is 6.04 Å². The number of carbonyl (C=O) groups is 2. The van der Waals surface area contributed by atoms with E-state index in [9.17, 15) is 9.59 Å². The van der Waals surface area contributed by atoms with E-state index in [1.165, 1.54) is 24.8 Å². The molecule has 4 nitrogen and oxygen atoms in total. The molecule has 1 saturated carbocycles. The van der Waals surface area contributed by atoms with Gasteiger partial charge >= 0.3 is 0 Å². The maximum absolute atomic E-state index is 13.0. The smallest absolute Gasteiger partial charge is 0.251 e. The van der Waals surface area contributed by atoms with Crippen LogP contribution in [0.15, 0.2) is 60.7 Å². The van der Waals surface area contributed by atoms with E-state index in [0.717, 1.165) is 57.0 Å². The van der Waals surface area contributed by atoms with Crippen molar-refractivity contribution in [3.63, 3.8) is 0 Å². The van der Waals surface area contributed by atoms with Crippen LogP contribution in [0.3, 0.4) is 0 Å². The van der Waals surface area contributed by atoms with Crippen molar-refractivity contribution in [1.29, 1.82) is 0 Å². The molecule has 3 atom stereocenters. The highest BCUT2D eigenvalue weighted by Gasteiger charge is 2.37. The predicted molar refractivity (Wildman–Crippen MR) is 124 cm³/mol. The van der Waals surface area contributed by atoms with E-state index >= 15 is 0 Å². The van der Waals surface area contributed by atoms with Crippen molar-refractivity contribution in [3.8, 4) is 0 Å². The molecule has 0 spiro atoms. The van der Waals surface area contributed by atoms with Gasteiger partial charge in [-0.3, -0.25) is 9.59 Å². The zero-order chi connectivity index (χ0) is 21.5. The van der Waals surface area contributed by atoms with E-state index < -0.39 is 6.04 Å². The first kappa shape index (κ1) is 21.6. The summed E-state index contributed by atoms with van der Waals surface area (Å²) in [6, 6.07) is 19.6. The first-order valence-corrected chi connectivity index (χ1v) is 11.9. The van der Waals surface area contributed by atoms with Crippen LogP contribution in [0.2, 0.25) is 0 Å². The summed E-state index contributed by atoms with van der Waals surface area (Å²) in [7, 11) is 0. The van der Waals surface area contributed by atoms with Crippen LogP contribution in [0.4, 0.5) is 0 Å². The molecule has 2 aromatic rings. The van der Waals surface area contributed by atoms with Crippen LogP contribution < -0.4 is 5.32 Å². The van der Waals surface area contributed by atoms with Crippen LogP contribution in [0.25, 0.3) is 0 Å². The molecule has 31 heavy (non-hydrogen) atoms. The number of nitrogens with zero attached hydrogens (tertiary/aromatic N) is 1. The second-order valence-electron chi connectivity index (χ2n) is 9.08. The molecule has 0 unspecified atom stereocenters. The number of hydrogen-bond donors (Lipinski definition) is 1. The highest BCUT2D eigenvalue weighted by atomic mass is 16.2. The Morgan fingerprint density at radius 1 is 0.903 bits per heavy atom. The number of unbranched alkanes of at least 4 members (excludes halogenated alkanes) is 2. The summed E-state index contributed by atoms with van der Waals surface area (Å²) in [4.78, 5) is 27.6. The van der Waals surface area contributed by atoms with Crippen LogP contribution >= 0.6 is 0 Å². The predicted octanol–water partition coefficient (Wildman–Crippen LogP) is 5.16. The number of rotatable bonds is 10. The molecule has 164 valence electrons. The monoisotopic (exact) mass is 418 g/mol. The second-order valence-corrected chi connectivity index (χ2v) is 9.08. The maximum atomic E-state index is 13.0. The van der Waals surface area contributed by atoms with Crippen molar-refractivity contribution in [1.82, 2.24) is 10.2 Å². The number of nitrogens with one attached hydrogen (secondary N) is 1. The number of likely N-dealkylation sites (tertiary alicyclic amines) is 1. The Labute approximate surface area is 186 Å². The molecule has 1 heterocycles. The Balaban J connectivity index is 1.23. The Kier molecular flexibility index (Phi) is 7.39. The zero-order valence-corrected chi connectivity index (χ0v) is 18.3. The molecule has 0 radical (unpaired) electrons. The molecule has 4 rings (SSSR count). The van der Waals surface area contributed by atoms with Gasteiger partial charge in [0, 0.05) is 18.7 Å².